The Morgan fingerprint density at radius 3 is 2.41 bits per heavy atom. The Kier molecular flexibility index (Phi) is 5.66. The van der Waals surface area contributed by atoms with Gasteiger partial charge >= 0.3 is 0 Å². The van der Waals surface area contributed by atoms with Gasteiger partial charge in [-0.2, -0.15) is 0 Å². The normalized spacial score (nSPS) is 16.8. The third-order valence-corrected chi connectivity index (χ3v) is 6.99. The molecule has 1 fully saturated rings. The van der Waals surface area contributed by atoms with E-state index in [0.29, 0.717) is 21.3 Å². The molecule has 1 aliphatic heterocycles. The molecule has 0 saturated carbocycles. The van der Waals surface area contributed by atoms with Crippen molar-refractivity contribution in [3.63, 3.8) is 0 Å². The number of hydrogen-bond donors (Lipinski definition) is 1. The quantitative estimate of drug-likeness (QED) is 0.809. The molecule has 2 aromatic carbocycles. The summed E-state index contributed by atoms with van der Waals surface area (Å²) in [4.78, 5) is 25.2. The Bertz CT molecular complexity index is 1080. The van der Waals surface area contributed by atoms with Crippen LogP contribution in [-0.2, 0) is 19.6 Å². The van der Waals surface area contributed by atoms with Crippen molar-refractivity contribution in [2.75, 3.05) is 12.4 Å². The number of nitrogens with one attached hydrogen (secondary N) is 1. The van der Waals surface area contributed by atoms with Crippen LogP contribution in [0.2, 0.25) is 0 Å². The molecule has 8 heteroatoms. The molecule has 0 radical (unpaired) electrons. The number of ether oxygens (including phenoxy) is 1. The van der Waals surface area contributed by atoms with Crippen LogP contribution in [0.25, 0.3) is 0 Å². The largest absolute Gasteiger partial charge is 0.496 e. The number of amides is 2. The van der Waals surface area contributed by atoms with Crippen LogP contribution in [-0.4, -0.2) is 37.7 Å². The maximum Gasteiger partial charge on any atom is 0.267 e. The Balaban J connectivity index is 1.90. The molecule has 29 heavy (non-hydrogen) atoms. The predicted molar refractivity (Wildman–Crippen MR) is 109 cm³/mol. The first-order valence-electron chi connectivity index (χ1n) is 9.25. The first-order valence-corrected chi connectivity index (χ1v) is 10.7. The van der Waals surface area contributed by atoms with Crippen LogP contribution >= 0.6 is 0 Å². The standard InChI is InChI=1S/C21H24N2O5S/c1-13-5-6-16(11-14(13)2)22-21(25)18-8-10-20(24)23(18)29(26,27)17-7-9-19(28-4)15(3)12-17/h5-7,9,11-12,18H,8,10H2,1-4H3,(H,22,25)/t18-/m1/s1. The minimum Gasteiger partial charge on any atom is -0.496 e. The Morgan fingerprint density at radius 2 is 1.79 bits per heavy atom. The smallest absolute Gasteiger partial charge is 0.267 e. The fourth-order valence-electron chi connectivity index (χ4n) is 3.37. The summed E-state index contributed by atoms with van der Waals surface area (Å²) >= 11 is 0. The lowest BCUT2D eigenvalue weighted by Crippen LogP contribution is -2.45. The van der Waals surface area contributed by atoms with Crippen molar-refractivity contribution in [3.8, 4) is 5.75 Å². The number of anilines is 1. The van der Waals surface area contributed by atoms with E-state index in [1.165, 1.54) is 25.3 Å². The summed E-state index contributed by atoms with van der Waals surface area (Å²) in [5.41, 5.74) is 3.27. The summed E-state index contributed by atoms with van der Waals surface area (Å²) in [5, 5.41) is 2.74. The maximum atomic E-state index is 13.1. The van der Waals surface area contributed by atoms with Crippen molar-refractivity contribution in [2.24, 2.45) is 0 Å². The summed E-state index contributed by atoms with van der Waals surface area (Å²) in [6.07, 6.45) is 0.142. The van der Waals surface area contributed by atoms with Crippen LogP contribution in [0.1, 0.15) is 29.5 Å². The molecular formula is C21H24N2O5S. The summed E-state index contributed by atoms with van der Waals surface area (Å²) in [5.74, 6) is -0.563. The van der Waals surface area contributed by atoms with Crippen molar-refractivity contribution < 1.29 is 22.7 Å². The van der Waals surface area contributed by atoms with E-state index in [-0.39, 0.29) is 17.7 Å². The van der Waals surface area contributed by atoms with Gasteiger partial charge in [0.15, 0.2) is 0 Å². The van der Waals surface area contributed by atoms with Crippen LogP contribution in [0.5, 0.6) is 5.75 Å². The number of hydrogen-bond acceptors (Lipinski definition) is 5. The number of sulfonamides is 1. The van der Waals surface area contributed by atoms with E-state index in [1.807, 2.05) is 26.0 Å². The van der Waals surface area contributed by atoms with Gasteiger partial charge in [0, 0.05) is 12.1 Å². The summed E-state index contributed by atoms with van der Waals surface area (Å²) in [6, 6.07) is 8.71. The zero-order valence-corrected chi connectivity index (χ0v) is 17.7. The van der Waals surface area contributed by atoms with Crippen molar-refractivity contribution >= 4 is 27.5 Å². The molecule has 0 unspecified atom stereocenters. The molecule has 0 bridgehead atoms. The minimum absolute atomic E-state index is 0.000616. The fourth-order valence-corrected chi connectivity index (χ4v) is 5.06. The monoisotopic (exact) mass is 416 g/mol. The van der Waals surface area contributed by atoms with Gasteiger partial charge in [-0.05, 0) is 74.2 Å². The highest BCUT2D eigenvalue weighted by atomic mass is 32.2. The van der Waals surface area contributed by atoms with Crippen LogP contribution in [0.3, 0.4) is 0 Å². The molecule has 1 atom stereocenters. The molecule has 3 rings (SSSR count). The van der Waals surface area contributed by atoms with Gasteiger partial charge < -0.3 is 10.1 Å². The van der Waals surface area contributed by atoms with Crippen molar-refractivity contribution in [3.05, 3.63) is 53.1 Å². The highest BCUT2D eigenvalue weighted by Crippen LogP contribution is 2.30. The van der Waals surface area contributed by atoms with Crippen molar-refractivity contribution in [1.82, 2.24) is 4.31 Å². The molecule has 0 spiro atoms. The first-order chi connectivity index (χ1) is 13.6. The number of benzene rings is 2. The molecule has 2 amide bonds. The van der Waals surface area contributed by atoms with Gasteiger partial charge in [-0.25, -0.2) is 12.7 Å². The number of carbonyl (C=O) groups excluding carboxylic acids is 2. The average Bonchev–Trinajstić information content (AvgIpc) is 3.07. The lowest BCUT2D eigenvalue weighted by molar-refractivity contribution is -0.128. The molecule has 1 heterocycles. The van der Waals surface area contributed by atoms with Crippen LogP contribution in [0, 0.1) is 20.8 Å². The topological polar surface area (TPSA) is 92.8 Å². The zero-order valence-electron chi connectivity index (χ0n) is 16.9. The molecule has 1 saturated heterocycles. The SMILES string of the molecule is COc1ccc(S(=O)(=O)N2C(=O)CC[C@@H]2C(=O)Nc2ccc(C)c(C)c2)cc1C. The van der Waals surface area contributed by atoms with Gasteiger partial charge in [0.2, 0.25) is 11.8 Å². The highest BCUT2D eigenvalue weighted by molar-refractivity contribution is 7.89. The Labute approximate surface area is 170 Å². The van der Waals surface area contributed by atoms with Gasteiger partial charge in [0.05, 0.1) is 12.0 Å². The molecule has 1 N–H and O–H groups in total. The van der Waals surface area contributed by atoms with Crippen molar-refractivity contribution in [1.29, 1.82) is 0 Å². The van der Waals surface area contributed by atoms with Crippen LogP contribution < -0.4 is 10.1 Å². The number of carbonyl (C=O) groups is 2. The second kappa shape index (κ2) is 7.87. The lowest BCUT2D eigenvalue weighted by atomic mass is 10.1. The van der Waals surface area contributed by atoms with Gasteiger partial charge in [0.1, 0.15) is 11.8 Å². The second-order valence-corrected chi connectivity index (χ2v) is 8.98. The van der Waals surface area contributed by atoms with Crippen LogP contribution in [0.15, 0.2) is 41.3 Å². The summed E-state index contributed by atoms with van der Waals surface area (Å²) in [7, 11) is -2.68. The van der Waals surface area contributed by atoms with E-state index >= 15 is 0 Å². The fraction of sp³-hybridized carbons (Fsp3) is 0.333. The van der Waals surface area contributed by atoms with Crippen molar-refractivity contribution in [2.45, 2.75) is 44.6 Å². The number of nitrogens with zero attached hydrogens (tertiary/aromatic N) is 1. The van der Waals surface area contributed by atoms with Gasteiger partial charge in [-0.3, -0.25) is 9.59 Å². The second-order valence-electron chi connectivity index (χ2n) is 7.17. The zero-order chi connectivity index (χ0) is 21.3. The van der Waals surface area contributed by atoms with Gasteiger partial charge in [-0.15, -0.1) is 0 Å². The lowest BCUT2D eigenvalue weighted by Gasteiger charge is -2.24. The van der Waals surface area contributed by atoms with E-state index in [2.05, 4.69) is 5.32 Å². The molecule has 0 aliphatic carbocycles. The molecule has 154 valence electrons. The number of aryl methyl sites for hydroxylation is 3. The van der Waals surface area contributed by atoms with Gasteiger partial charge in [0.25, 0.3) is 10.0 Å². The third-order valence-electron chi connectivity index (χ3n) is 5.16. The molecule has 1 aliphatic rings. The summed E-state index contributed by atoms with van der Waals surface area (Å²) < 4.78 is 32.2. The van der Waals surface area contributed by atoms with Crippen LogP contribution in [0.4, 0.5) is 5.69 Å². The van der Waals surface area contributed by atoms with E-state index in [4.69, 9.17) is 4.74 Å². The summed E-state index contributed by atoms with van der Waals surface area (Å²) in [6.45, 7) is 5.60. The Hall–Kier alpha value is -2.87. The van der Waals surface area contributed by atoms with E-state index < -0.39 is 27.9 Å². The highest BCUT2D eigenvalue weighted by Gasteiger charge is 2.44. The number of rotatable bonds is 5. The van der Waals surface area contributed by atoms with E-state index in [9.17, 15) is 18.0 Å². The Morgan fingerprint density at radius 1 is 1.07 bits per heavy atom. The maximum absolute atomic E-state index is 13.1. The van der Waals surface area contributed by atoms with E-state index in [1.54, 1.807) is 13.0 Å². The predicted octanol–water partition coefficient (Wildman–Crippen LogP) is 2.94. The molecule has 7 nitrogen and oxygen atoms in total. The first kappa shape index (κ1) is 20.9. The minimum atomic E-state index is -4.17. The van der Waals surface area contributed by atoms with Gasteiger partial charge in [-0.1, -0.05) is 6.07 Å². The average molecular weight is 416 g/mol. The molecular weight excluding hydrogens is 392 g/mol. The van der Waals surface area contributed by atoms with E-state index in [0.717, 1.165) is 11.1 Å². The third kappa shape index (κ3) is 3.98. The molecule has 0 aromatic heterocycles. The number of methoxy groups -OCH3 is 1. The molecule has 2 aromatic rings.